The van der Waals surface area contributed by atoms with Crippen LogP contribution in [0.25, 0.3) is 0 Å². The zero-order chi connectivity index (χ0) is 14.8. The van der Waals surface area contributed by atoms with E-state index in [1.165, 1.54) is 0 Å². The van der Waals surface area contributed by atoms with E-state index in [9.17, 15) is 17.2 Å². The summed E-state index contributed by atoms with van der Waals surface area (Å²) in [5.74, 6) is -1.95. The van der Waals surface area contributed by atoms with Crippen molar-refractivity contribution in [3.8, 4) is 0 Å². The molecule has 0 unspecified atom stereocenters. The molecule has 1 N–H and O–H groups in total. The molecule has 0 aliphatic heterocycles. The number of nitrogens with zero attached hydrogens (tertiary/aromatic N) is 2. The van der Waals surface area contributed by atoms with E-state index in [1.54, 1.807) is 30.1 Å². The molecule has 5 nitrogen and oxygen atoms in total. The van der Waals surface area contributed by atoms with E-state index in [-0.39, 0.29) is 0 Å². The Bertz CT molecular complexity index is 687. The molecule has 0 radical (unpaired) electrons. The van der Waals surface area contributed by atoms with E-state index in [4.69, 9.17) is 0 Å². The summed E-state index contributed by atoms with van der Waals surface area (Å²) in [7, 11) is -4.04. The summed E-state index contributed by atoms with van der Waals surface area (Å²) in [4.78, 5) is -0.578. The predicted molar refractivity (Wildman–Crippen MR) is 68.4 cm³/mol. The summed E-state index contributed by atoms with van der Waals surface area (Å²) in [5, 5.41) is 3.95. The molecule has 1 aromatic heterocycles. The van der Waals surface area contributed by atoms with Crippen molar-refractivity contribution in [3.63, 3.8) is 0 Å². The highest BCUT2D eigenvalue weighted by Crippen LogP contribution is 2.15. The Morgan fingerprint density at radius 3 is 2.75 bits per heavy atom. The number of nitrogens with one attached hydrogen (secondary N) is 1. The minimum Gasteiger partial charge on any atom is -0.271 e. The molecule has 0 fully saturated rings. The van der Waals surface area contributed by atoms with Gasteiger partial charge in [-0.1, -0.05) is 0 Å². The van der Waals surface area contributed by atoms with Gasteiger partial charge in [0, 0.05) is 24.5 Å². The lowest BCUT2D eigenvalue weighted by atomic mass is 10.3. The van der Waals surface area contributed by atoms with Crippen LogP contribution in [0.2, 0.25) is 0 Å². The molecule has 0 saturated carbocycles. The van der Waals surface area contributed by atoms with Gasteiger partial charge in [-0.25, -0.2) is 21.9 Å². The number of hydrogen-bond donors (Lipinski definition) is 1. The summed E-state index contributed by atoms with van der Waals surface area (Å²) in [6.07, 6.45) is 3.25. The molecule has 0 amide bonds. The lowest BCUT2D eigenvalue weighted by Gasteiger charge is -2.14. The minimum absolute atomic E-state index is 0.301. The molecule has 0 aliphatic carbocycles. The van der Waals surface area contributed by atoms with Crippen molar-refractivity contribution in [3.05, 3.63) is 48.3 Å². The molecule has 0 spiro atoms. The molecular weight excluding hydrogens is 288 g/mol. The average Bonchev–Trinajstić information content (AvgIpc) is 2.79. The Balaban J connectivity index is 2.14. The van der Waals surface area contributed by atoms with Gasteiger partial charge < -0.3 is 0 Å². The molecule has 1 heterocycles. The molecule has 0 aliphatic rings. The highest BCUT2D eigenvalue weighted by molar-refractivity contribution is 7.89. The maximum atomic E-state index is 13.5. The van der Waals surface area contributed by atoms with Crippen LogP contribution in [0, 0.1) is 11.6 Å². The van der Waals surface area contributed by atoms with Gasteiger partial charge >= 0.3 is 0 Å². The van der Waals surface area contributed by atoms with Crippen LogP contribution in [-0.2, 0) is 16.6 Å². The SMILES string of the molecule is C[C@@H](Cn1cccn1)NS(=O)(=O)c1ccc(F)cc1F. The van der Waals surface area contributed by atoms with Crippen molar-refractivity contribution in [2.24, 2.45) is 0 Å². The third kappa shape index (κ3) is 3.40. The van der Waals surface area contributed by atoms with Crippen LogP contribution >= 0.6 is 0 Å². The molecule has 1 aromatic carbocycles. The fourth-order valence-corrected chi connectivity index (χ4v) is 3.04. The topological polar surface area (TPSA) is 64.0 Å². The average molecular weight is 301 g/mol. The van der Waals surface area contributed by atoms with Crippen LogP contribution in [0.4, 0.5) is 8.78 Å². The maximum Gasteiger partial charge on any atom is 0.243 e. The summed E-state index contributed by atoms with van der Waals surface area (Å²) in [5.41, 5.74) is 0. The van der Waals surface area contributed by atoms with E-state index < -0.39 is 32.6 Å². The number of sulfonamides is 1. The largest absolute Gasteiger partial charge is 0.271 e. The first kappa shape index (κ1) is 14.6. The van der Waals surface area contributed by atoms with E-state index >= 15 is 0 Å². The van der Waals surface area contributed by atoms with Crippen LogP contribution < -0.4 is 4.72 Å². The summed E-state index contributed by atoms with van der Waals surface area (Å²) in [6, 6.07) is 3.54. The lowest BCUT2D eigenvalue weighted by molar-refractivity contribution is 0.489. The number of hydrogen-bond acceptors (Lipinski definition) is 3. The van der Waals surface area contributed by atoms with Crippen molar-refractivity contribution in [2.75, 3.05) is 0 Å². The second kappa shape index (κ2) is 5.68. The fourth-order valence-electron chi connectivity index (χ4n) is 1.75. The molecule has 0 bridgehead atoms. The second-order valence-electron chi connectivity index (χ2n) is 4.33. The normalized spacial score (nSPS) is 13.3. The van der Waals surface area contributed by atoms with Gasteiger partial charge in [0.2, 0.25) is 10.0 Å². The van der Waals surface area contributed by atoms with Crippen LogP contribution in [0.3, 0.4) is 0 Å². The zero-order valence-electron chi connectivity index (χ0n) is 10.6. The van der Waals surface area contributed by atoms with E-state index in [1.807, 2.05) is 0 Å². The summed E-state index contributed by atoms with van der Waals surface area (Å²) < 4.78 is 54.2. The number of aromatic nitrogens is 2. The lowest BCUT2D eigenvalue weighted by Crippen LogP contribution is -2.36. The first-order chi connectivity index (χ1) is 9.38. The third-order valence-corrected chi connectivity index (χ3v) is 4.18. The van der Waals surface area contributed by atoms with Gasteiger partial charge in [-0.15, -0.1) is 0 Å². The highest BCUT2D eigenvalue weighted by atomic mass is 32.2. The quantitative estimate of drug-likeness (QED) is 0.911. The van der Waals surface area contributed by atoms with Crippen molar-refractivity contribution in [1.82, 2.24) is 14.5 Å². The van der Waals surface area contributed by atoms with Crippen molar-refractivity contribution in [1.29, 1.82) is 0 Å². The monoisotopic (exact) mass is 301 g/mol. The first-order valence-electron chi connectivity index (χ1n) is 5.83. The standard InChI is InChI=1S/C12H13F2N3O2S/c1-9(8-17-6-2-5-15-17)16-20(18,19)12-4-3-10(13)7-11(12)14/h2-7,9,16H,8H2,1H3/t9-/m0/s1. The van der Waals surface area contributed by atoms with Gasteiger partial charge in [-0.2, -0.15) is 5.10 Å². The van der Waals surface area contributed by atoms with Crippen LogP contribution in [0.5, 0.6) is 0 Å². The van der Waals surface area contributed by atoms with Gasteiger partial charge in [-0.05, 0) is 25.1 Å². The fraction of sp³-hybridized carbons (Fsp3) is 0.250. The van der Waals surface area contributed by atoms with Gasteiger partial charge in [0.05, 0.1) is 6.54 Å². The minimum atomic E-state index is -4.04. The Labute approximate surface area is 115 Å². The summed E-state index contributed by atoms with van der Waals surface area (Å²) in [6.45, 7) is 1.93. The predicted octanol–water partition coefficient (Wildman–Crippen LogP) is 1.53. The molecule has 2 rings (SSSR count). The first-order valence-corrected chi connectivity index (χ1v) is 7.31. The van der Waals surface area contributed by atoms with Crippen LogP contribution in [0.1, 0.15) is 6.92 Å². The van der Waals surface area contributed by atoms with Crippen molar-refractivity contribution < 1.29 is 17.2 Å². The van der Waals surface area contributed by atoms with Gasteiger partial charge in [0.1, 0.15) is 16.5 Å². The van der Waals surface area contributed by atoms with Crippen LogP contribution in [-0.4, -0.2) is 24.2 Å². The molecule has 2 aromatic rings. The molecule has 20 heavy (non-hydrogen) atoms. The smallest absolute Gasteiger partial charge is 0.243 e. The number of benzene rings is 1. The van der Waals surface area contributed by atoms with Gasteiger partial charge in [-0.3, -0.25) is 4.68 Å². The second-order valence-corrected chi connectivity index (χ2v) is 6.01. The Kier molecular flexibility index (Phi) is 4.15. The number of rotatable bonds is 5. The molecule has 8 heteroatoms. The Hall–Kier alpha value is -1.80. The van der Waals surface area contributed by atoms with Gasteiger partial charge in [0.25, 0.3) is 0 Å². The van der Waals surface area contributed by atoms with Crippen molar-refractivity contribution >= 4 is 10.0 Å². The molecule has 108 valence electrons. The third-order valence-electron chi connectivity index (χ3n) is 2.56. The zero-order valence-corrected chi connectivity index (χ0v) is 11.4. The number of halogens is 2. The highest BCUT2D eigenvalue weighted by Gasteiger charge is 2.21. The molecule has 1 atom stereocenters. The van der Waals surface area contributed by atoms with E-state index in [2.05, 4.69) is 9.82 Å². The van der Waals surface area contributed by atoms with E-state index in [0.29, 0.717) is 12.6 Å². The molecular formula is C12H13F2N3O2S. The van der Waals surface area contributed by atoms with Crippen LogP contribution in [0.15, 0.2) is 41.6 Å². The van der Waals surface area contributed by atoms with Crippen molar-refractivity contribution in [2.45, 2.75) is 24.4 Å². The van der Waals surface area contributed by atoms with E-state index in [0.717, 1.165) is 12.1 Å². The maximum absolute atomic E-state index is 13.5. The van der Waals surface area contributed by atoms with Gasteiger partial charge in [0.15, 0.2) is 0 Å². The summed E-state index contributed by atoms with van der Waals surface area (Å²) >= 11 is 0. The Morgan fingerprint density at radius 1 is 1.40 bits per heavy atom. The Morgan fingerprint density at radius 2 is 2.15 bits per heavy atom. The molecule has 0 saturated heterocycles.